The number of oxazole rings is 1. The number of likely N-dealkylation sites (tertiary alicyclic amines) is 1. The third-order valence-corrected chi connectivity index (χ3v) is 4.26. The molecule has 7 heteroatoms. The zero-order valence-corrected chi connectivity index (χ0v) is 13.2. The Morgan fingerprint density at radius 2 is 2.18 bits per heavy atom. The van der Waals surface area contributed by atoms with Crippen LogP contribution in [0, 0.1) is 20.8 Å². The summed E-state index contributed by atoms with van der Waals surface area (Å²) in [7, 11) is 1.66. The van der Waals surface area contributed by atoms with Gasteiger partial charge in [0.05, 0.1) is 23.5 Å². The number of aromatic amines is 1. The lowest BCUT2D eigenvalue weighted by Crippen LogP contribution is -2.32. The average molecular weight is 304 g/mol. The van der Waals surface area contributed by atoms with E-state index < -0.39 is 0 Å². The van der Waals surface area contributed by atoms with Gasteiger partial charge < -0.3 is 19.0 Å². The Morgan fingerprint density at radius 3 is 2.73 bits per heavy atom. The number of nitrogens with zero attached hydrogens (tertiary/aromatic N) is 3. The Labute approximate surface area is 128 Å². The lowest BCUT2D eigenvalue weighted by atomic mass is 10.2. The quantitative estimate of drug-likeness (QED) is 0.936. The number of carbonyl (C=O) groups is 1. The number of hydrogen-bond donors (Lipinski definition) is 1. The van der Waals surface area contributed by atoms with E-state index in [1.54, 1.807) is 18.9 Å². The molecule has 22 heavy (non-hydrogen) atoms. The summed E-state index contributed by atoms with van der Waals surface area (Å²) >= 11 is 0. The van der Waals surface area contributed by atoms with Crippen LogP contribution in [0.2, 0.25) is 0 Å². The van der Waals surface area contributed by atoms with Gasteiger partial charge in [-0.1, -0.05) is 0 Å². The summed E-state index contributed by atoms with van der Waals surface area (Å²) in [4.78, 5) is 26.3. The number of methoxy groups -OCH3 is 1. The molecule has 1 N–H and O–H groups in total. The number of H-pyrrole nitrogens is 1. The van der Waals surface area contributed by atoms with Gasteiger partial charge in [-0.15, -0.1) is 0 Å². The van der Waals surface area contributed by atoms with Gasteiger partial charge >= 0.3 is 0 Å². The van der Waals surface area contributed by atoms with E-state index in [9.17, 15) is 4.79 Å². The molecule has 0 radical (unpaired) electrons. The minimum atomic E-state index is -0.175. The van der Waals surface area contributed by atoms with Crippen LogP contribution in [0.1, 0.15) is 45.9 Å². The van der Waals surface area contributed by atoms with Gasteiger partial charge in [0.2, 0.25) is 5.76 Å². The summed E-state index contributed by atoms with van der Waals surface area (Å²) in [5.41, 5.74) is 2.55. The van der Waals surface area contributed by atoms with Gasteiger partial charge in [0.25, 0.3) is 5.91 Å². The normalized spacial score (nSPS) is 21.5. The van der Waals surface area contributed by atoms with Crippen LogP contribution in [0.15, 0.2) is 10.8 Å². The summed E-state index contributed by atoms with van der Waals surface area (Å²) < 4.78 is 10.7. The molecule has 3 rings (SSSR count). The molecule has 0 unspecified atom stereocenters. The van der Waals surface area contributed by atoms with Crippen molar-refractivity contribution in [1.29, 1.82) is 0 Å². The monoisotopic (exact) mass is 304 g/mol. The van der Waals surface area contributed by atoms with Crippen LogP contribution in [0.5, 0.6) is 0 Å². The van der Waals surface area contributed by atoms with Crippen molar-refractivity contribution in [2.75, 3.05) is 13.7 Å². The van der Waals surface area contributed by atoms with Crippen molar-refractivity contribution in [2.45, 2.75) is 39.3 Å². The van der Waals surface area contributed by atoms with Crippen LogP contribution in [0.4, 0.5) is 0 Å². The topological polar surface area (TPSA) is 84.2 Å². The summed E-state index contributed by atoms with van der Waals surface area (Å²) in [6.45, 7) is 6.20. The van der Waals surface area contributed by atoms with E-state index in [-0.39, 0.29) is 23.8 Å². The van der Waals surface area contributed by atoms with E-state index in [2.05, 4.69) is 15.0 Å². The number of ether oxygens (including phenoxy) is 1. The lowest BCUT2D eigenvalue weighted by Gasteiger charge is -2.21. The number of amides is 1. The molecule has 1 amide bonds. The number of aromatic nitrogens is 3. The first-order chi connectivity index (χ1) is 10.5. The van der Waals surface area contributed by atoms with Crippen molar-refractivity contribution in [3.8, 4) is 0 Å². The summed E-state index contributed by atoms with van der Waals surface area (Å²) in [6, 6.07) is -0.144. The minimum absolute atomic E-state index is 0.0112. The van der Waals surface area contributed by atoms with E-state index in [0.717, 1.165) is 17.2 Å². The molecular weight excluding hydrogens is 284 g/mol. The molecule has 2 atom stereocenters. The van der Waals surface area contributed by atoms with E-state index in [1.807, 2.05) is 13.8 Å². The van der Waals surface area contributed by atoms with Crippen molar-refractivity contribution >= 4 is 5.91 Å². The number of hydrogen-bond acceptors (Lipinski definition) is 5. The largest absolute Gasteiger partial charge is 0.438 e. The third-order valence-electron chi connectivity index (χ3n) is 4.26. The Bertz CT molecular complexity index is 671. The van der Waals surface area contributed by atoms with E-state index in [0.29, 0.717) is 18.7 Å². The van der Waals surface area contributed by atoms with Gasteiger partial charge in [-0.2, -0.15) is 0 Å². The molecule has 0 aromatic carbocycles. The summed E-state index contributed by atoms with van der Waals surface area (Å²) in [5.74, 6) is 0.896. The minimum Gasteiger partial charge on any atom is -0.438 e. The number of rotatable bonds is 3. The Kier molecular flexibility index (Phi) is 3.74. The second-order valence-corrected chi connectivity index (χ2v) is 5.67. The van der Waals surface area contributed by atoms with Crippen LogP contribution < -0.4 is 0 Å². The first-order valence-electron chi connectivity index (χ1n) is 7.28. The molecule has 0 aliphatic carbocycles. The fraction of sp³-hybridized carbons (Fsp3) is 0.533. The second kappa shape index (κ2) is 5.57. The number of carbonyl (C=O) groups excluding carboxylic acids is 1. The first-order valence-corrected chi connectivity index (χ1v) is 7.28. The Morgan fingerprint density at radius 1 is 1.41 bits per heavy atom. The fourth-order valence-corrected chi connectivity index (χ4v) is 2.82. The zero-order valence-electron chi connectivity index (χ0n) is 13.2. The number of nitrogens with one attached hydrogen (secondary N) is 1. The molecule has 2 aromatic heterocycles. The maximum Gasteiger partial charge on any atom is 0.292 e. The number of aryl methyl sites for hydroxylation is 3. The molecule has 1 aliphatic heterocycles. The molecule has 0 saturated carbocycles. The van der Waals surface area contributed by atoms with Crippen molar-refractivity contribution < 1.29 is 13.9 Å². The van der Waals surface area contributed by atoms with E-state index in [4.69, 9.17) is 9.15 Å². The molecule has 0 spiro atoms. The third kappa shape index (κ3) is 2.41. The van der Waals surface area contributed by atoms with Crippen molar-refractivity contribution in [3.05, 3.63) is 35.1 Å². The molecule has 1 fully saturated rings. The van der Waals surface area contributed by atoms with Crippen LogP contribution in [0.25, 0.3) is 0 Å². The van der Waals surface area contributed by atoms with Crippen LogP contribution in [0.3, 0.4) is 0 Å². The maximum atomic E-state index is 12.8. The molecule has 118 valence electrons. The van der Waals surface area contributed by atoms with E-state index >= 15 is 0 Å². The molecule has 1 saturated heterocycles. The summed E-state index contributed by atoms with van der Waals surface area (Å²) in [6.07, 6.45) is 1.99. The Hall–Kier alpha value is -2.15. The molecule has 3 heterocycles. The predicted molar refractivity (Wildman–Crippen MR) is 78.5 cm³/mol. The molecular formula is C15H20N4O3. The van der Waals surface area contributed by atoms with Crippen LogP contribution in [-0.2, 0) is 4.74 Å². The highest BCUT2D eigenvalue weighted by Gasteiger charge is 2.40. The van der Waals surface area contributed by atoms with Crippen molar-refractivity contribution in [2.24, 2.45) is 0 Å². The molecule has 1 aliphatic rings. The smallest absolute Gasteiger partial charge is 0.292 e. The van der Waals surface area contributed by atoms with Gasteiger partial charge in [0, 0.05) is 25.8 Å². The van der Waals surface area contributed by atoms with Gasteiger partial charge in [-0.25, -0.2) is 9.97 Å². The fourth-order valence-electron chi connectivity index (χ4n) is 2.82. The average Bonchev–Trinajstić information content (AvgIpc) is 3.18. The number of imidazole rings is 1. The molecule has 7 nitrogen and oxygen atoms in total. The molecule has 2 aromatic rings. The molecule has 0 bridgehead atoms. The summed E-state index contributed by atoms with van der Waals surface area (Å²) in [5, 5.41) is 0. The highest BCUT2D eigenvalue weighted by atomic mass is 16.5. The van der Waals surface area contributed by atoms with Gasteiger partial charge in [0.1, 0.15) is 5.82 Å². The zero-order chi connectivity index (χ0) is 15.9. The van der Waals surface area contributed by atoms with Crippen LogP contribution in [-0.4, -0.2) is 45.5 Å². The van der Waals surface area contributed by atoms with Gasteiger partial charge in [-0.3, -0.25) is 4.79 Å². The van der Waals surface area contributed by atoms with Crippen molar-refractivity contribution in [1.82, 2.24) is 19.9 Å². The first kappa shape index (κ1) is 14.8. The van der Waals surface area contributed by atoms with Gasteiger partial charge in [-0.05, 0) is 20.8 Å². The van der Waals surface area contributed by atoms with Crippen molar-refractivity contribution in [3.63, 3.8) is 0 Å². The Balaban J connectivity index is 1.93. The highest BCUT2D eigenvalue weighted by molar-refractivity contribution is 5.92. The van der Waals surface area contributed by atoms with E-state index in [1.165, 1.54) is 6.39 Å². The second-order valence-electron chi connectivity index (χ2n) is 5.67. The lowest BCUT2D eigenvalue weighted by molar-refractivity contribution is 0.0653. The predicted octanol–water partition coefficient (Wildman–Crippen LogP) is 1.93. The SMILES string of the molecule is CO[C@@H]1C[C@@H](c2nc(C)c(C)[nH]2)N(C(=O)c2ocnc2C)C1. The standard InChI is InChI=1S/C15H20N4O3/c1-8-9(2)18-14(17-8)12-5-11(21-4)6-19(12)15(20)13-10(3)16-7-22-13/h7,11-12H,5-6H2,1-4H3,(H,17,18)/t11-,12+/m1/s1. The maximum absolute atomic E-state index is 12.8. The van der Waals surface area contributed by atoms with Crippen LogP contribution >= 0.6 is 0 Å². The van der Waals surface area contributed by atoms with Gasteiger partial charge in [0.15, 0.2) is 6.39 Å². The highest BCUT2D eigenvalue weighted by Crippen LogP contribution is 2.33.